The largest absolute Gasteiger partial charge is 0.339 e. The van der Waals surface area contributed by atoms with Crippen LogP contribution in [0.15, 0.2) is 47.3 Å². The molecular weight excluding hydrogens is 412 g/mol. The quantitative estimate of drug-likeness (QED) is 0.669. The number of amides is 1. The van der Waals surface area contributed by atoms with Gasteiger partial charge in [-0.05, 0) is 72.2 Å². The molecular formula is C25H21F2N3O2. The number of aromatic amines is 1. The number of fused-ring (bicyclic) bond motifs is 1. The Balaban J connectivity index is 1.44. The van der Waals surface area contributed by atoms with Crippen LogP contribution in [0.5, 0.6) is 0 Å². The van der Waals surface area contributed by atoms with Crippen molar-refractivity contribution in [2.45, 2.75) is 26.2 Å². The Morgan fingerprint density at radius 2 is 1.97 bits per heavy atom. The van der Waals surface area contributed by atoms with Crippen molar-refractivity contribution in [3.05, 3.63) is 86.8 Å². The molecule has 0 unspecified atom stereocenters. The average Bonchev–Trinajstić information content (AvgIpc) is 2.78. The van der Waals surface area contributed by atoms with E-state index in [0.29, 0.717) is 53.5 Å². The summed E-state index contributed by atoms with van der Waals surface area (Å²) in [6.45, 7) is 2.65. The Morgan fingerprint density at radius 3 is 2.69 bits per heavy atom. The third-order valence-corrected chi connectivity index (χ3v) is 5.81. The van der Waals surface area contributed by atoms with Crippen LogP contribution in [0.4, 0.5) is 8.78 Å². The lowest BCUT2D eigenvalue weighted by Gasteiger charge is -2.27. The minimum Gasteiger partial charge on any atom is -0.339 e. The van der Waals surface area contributed by atoms with Crippen molar-refractivity contribution in [3.63, 3.8) is 0 Å². The Kier molecular flexibility index (Phi) is 5.87. The number of carbonyl (C=O) groups excluding carboxylic acids is 1. The molecule has 0 aliphatic carbocycles. The van der Waals surface area contributed by atoms with Gasteiger partial charge in [-0.2, -0.15) is 5.26 Å². The number of aromatic nitrogens is 1. The summed E-state index contributed by atoms with van der Waals surface area (Å²) in [5.74, 6) is -0.953. The fraction of sp³-hybridized carbons (Fsp3) is 0.240. The van der Waals surface area contributed by atoms with Crippen molar-refractivity contribution >= 4 is 22.3 Å². The van der Waals surface area contributed by atoms with E-state index >= 15 is 0 Å². The maximum absolute atomic E-state index is 13.6. The molecule has 0 saturated carbocycles. The van der Waals surface area contributed by atoms with E-state index in [2.05, 4.69) is 4.98 Å². The van der Waals surface area contributed by atoms with Crippen molar-refractivity contribution in [3.8, 4) is 6.07 Å². The number of pyridine rings is 1. The zero-order valence-corrected chi connectivity index (χ0v) is 17.5. The summed E-state index contributed by atoms with van der Waals surface area (Å²) in [5, 5.41) is 10.2. The van der Waals surface area contributed by atoms with Crippen LogP contribution in [0.25, 0.3) is 16.3 Å². The summed E-state index contributed by atoms with van der Waals surface area (Å²) in [5.41, 5.74) is 2.83. The van der Waals surface area contributed by atoms with E-state index in [1.54, 1.807) is 24.0 Å². The second-order valence-electron chi connectivity index (χ2n) is 7.93. The van der Waals surface area contributed by atoms with Crippen molar-refractivity contribution in [1.82, 2.24) is 9.88 Å². The van der Waals surface area contributed by atoms with Crippen molar-refractivity contribution in [2.24, 2.45) is 0 Å². The Bertz CT molecular complexity index is 1350. The first kappa shape index (κ1) is 21.4. The zero-order valence-electron chi connectivity index (χ0n) is 17.5. The second-order valence-corrected chi connectivity index (χ2v) is 7.93. The predicted octanol–water partition coefficient (Wildman–Crippen LogP) is 4.23. The van der Waals surface area contributed by atoms with Gasteiger partial charge in [-0.3, -0.25) is 9.59 Å². The number of halogens is 2. The van der Waals surface area contributed by atoms with E-state index in [1.165, 1.54) is 24.3 Å². The monoisotopic (exact) mass is 433 g/mol. The van der Waals surface area contributed by atoms with Gasteiger partial charge in [0.2, 0.25) is 5.91 Å². The van der Waals surface area contributed by atoms with E-state index in [9.17, 15) is 23.6 Å². The van der Waals surface area contributed by atoms with Gasteiger partial charge in [0.15, 0.2) is 0 Å². The third kappa shape index (κ3) is 4.30. The highest BCUT2D eigenvalue weighted by Gasteiger charge is 2.20. The van der Waals surface area contributed by atoms with Gasteiger partial charge in [0.25, 0.3) is 5.56 Å². The Morgan fingerprint density at radius 1 is 1.16 bits per heavy atom. The van der Waals surface area contributed by atoms with Crippen LogP contribution in [0.3, 0.4) is 0 Å². The Labute approximate surface area is 183 Å². The lowest BCUT2D eigenvalue weighted by atomic mass is 9.95. The lowest BCUT2D eigenvalue weighted by Crippen LogP contribution is -2.35. The van der Waals surface area contributed by atoms with Gasteiger partial charge >= 0.3 is 0 Å². The number of nitrogens with zero attached hydrogens (tertiary/aromatic N) is 2. The van der Waals surface area contributed by atoms with Crippen molar-refractivity contribution < 1.29 is 13.6 Å². The van der Waals surface area contributed by atoms with Crippen molar-refractivity contribution in [1.29, 1.82) is 5.26 Å². The average molecular weight is 433 g/mol. The van der Waals surface area contributed by atoms with Gasteiger partial charge in [-0.15, -0.1) is 0 Å². The standard InChI is InChI=1S/C25H21F2N3O2/c1-15-10-19(27)12-23-22(15)13-20(29-25(23)32)3-5-24(31)30-8-6-16(7-9-30)21-4-2-18(26)11-17(21)14-28/h2,4,6,10-13H,3,5,7-9H2,1H3,(H,29,32). The van der Waals surface area contributed by atoms with Gasteiger partial charge in [0, 0.05) is 25.2 Å². The normalized spacial score (nSPS) is 13.7. The molecule has 1 aliphatic rings. The third-order valence-electron chi connectivity index (χ3n) is 5.81. The van der Waals surface area contributed by atoms with Gasteiger partial charge in [0.05, 0.1) is 17.0 Å². The highest BCUT2D eigenvalue weighted by molar-refractivity contribution is 5.85. The molecule has 1 amide bonds. The number of hydrogen-bond acceptors (Lipinski definition) is 3. The molecule has 4 rings (SSSR count). The van der Waals surface area contributed by atoms with Gasteiger partial charge in [-0.25, -0.2) is 8.78 Å². The first-order chi connectivity index (χ1) is 15.4. The van der Waals surface area contributed by atoms with Crippen LogP contribution in [-0.2, 0) is 11.2 Å². The van der Waals surface area contributed by atoms with Crippen LogP contribution in [0.2, 0.25) is 0 Å². The van der Waals surface area contributed by atoms with E-state index in [-0.39, 0.29) is 23.5 Å². The lowest BCUT2D eigenvalue weighted by molar-refractivity contribution is -0.130. The molecule has 32 heavy (non-hydrogen) atoms. The summed E-state index contributed by atoms with van der Waals surface area (Å²) < 4.78 is 27.0. The number of aryl methyl sites for hydroxylation is 2. The van der Waals surface area contributed by atoms with Gasteiger partial charge < -0.3 is 9.88 Å². The number of nitriles is 1. The zero-order chi connectivity index (χ0) is 22.8. The summed E-state index contributed by atoms with van der Waals surface area (Å²) >= 11 is 0. The number of rotatable bonds is 4. The van der Waals surface area contributed by atoms with Crippen LogP contribution < -0.4 is 5.56 Å². The molecule has 0 bridgehead atoms. The maximum Gasteiger partial charge on any atom is 0.256 e. The van der Waals surface area contributed by atoms with Crippen LogP contribution in [-0.4, -0.2) is 28.9 Å². The van der Waals surface area contributed by atoms with E-state index < -0.39 is 11.6 Å². The minimum atomic E-state index is -0.455. The molecule has 1 N–H and O–H groups in total. The van der Waals surface area contributed by atoms with Crippen LogP contribution >= 0.6 is 0 Å². The van der Waals surface area contributed by atoms with Crippen LogP contribution in [0.1, 0.15) is 35.2 Å². The Hall–Kier alpha value is -3.79. The molecule has 0 radical (unpaired) electrons. The smallest absolute Gasteiger partial charge is 0.256 e. The fourth-order valence-corrected chi connectivity index (χ4v) is 4.12. The first-order valence-electron chi connectivity index (χ1n) is 10.3. The summed E-state index contributed by atoms with van der Waals surface area (Å²) in [6.07, 6.45) is 3.06. The first-order valence-corrected chi connectivity index (χ1v) is 10.3. The molecule has 1 aliphatic heterocycles. The molecule has 3 aromatic rings. The molecule has 0 spiro atoms. The summed E-state index contributed by atoms with van der Waals surface area (Å²) in [6, 6.07) is 10.6. The highest BCUT2D eigenvalue weighted by Crippen LogP contribution is 2.26. The summed E-state index contributed by atoms with van der Waals surface area (Å²) in [7, 11) is 0. The molecule has 2 aromatic carbocycles. The molecule has 1 aromatic heterocycles. The SMILES string of the molecule is Cc1cc(F)cc2c(=O)[nH]c(CCC(=O)N3CC=C(c4ccc(F)cc4C#N)CC3)cc12. The number of hydrogen-bond donors (Lipinski definition) is 1. The van der Waals surface area contributed by atoms with Gasteiger partial charge in [-0.1, -0.05) is 12.1 Å². The molecule has 5 nitrogen and oxygen atoms in total. The van der Waals surface area contributed by atoms with Crippen molar-refractivity contribution in [2.75, 3.05) is 13.1 Å². The van der Waals surface area contributed by atoms with E-state index in [4.69, 9.17) is 0 Å². The molecule has 7 heteroatoms. The topological polar surface area (TPSA) is 77.0 Å². The number of benzene rings is 2. The van der Waals surface area contributed by atoms with E-state index in [1.807, 2.05) is 12.1 Å². The minimum absolute atomic E-state index is 0.0447. The van der Waals surface area contributed by atoms with Crippen LogP contribution in [0, 0.1) is 29.9 Å². The highest BCUT2D eigenvalue weighted by atomic mass is 19.1. The fourth-order valence-electron chi connectivity index (χ4n) is 4.12. The molecule has 0 saturated heterocycles. The molecule has 0 fully saturated rings. The predicted molar refractivity (Wildman–Crippen MR) is 118 cm³/mol. The molecule has 2 heterocycles. The van der Waals surface area contributed by atoms with E-state index in [0.717, 1.165) is 5.57 Å². The number of nitrogens with one attached hydrogen (secondary N) is 1. The maximum atomic E-state index is 13.6. The number of H-pyrrole nitrogens is 1. The second kappa shape index (κ2) is 8.75. The molecule has 0 atom stereocenters. The number of carbonyl (C=O) groups is 1. The molecule has 162 valence electrons. The van der Waals surface area contributed by atoms with Gasteiger partial charge in [0.1, 0.15) is 11.6 Å². The summed E-state index contributed by atoms with van der Waals surface area (Å²) in [4.78, 5) is 29.5.